The van der Waals surface area contributed by atoms with Gasteiger partial charge in [0.2, 0.25) is 0 Å². The van der Waals surface area contributed by atoms with Crippen molar-refractivity contribution >= 4 is 10.9 Å². The van der Waals surface area contributed by atoms with Crippen molar-refractivity contribution in [2.75, 3.05) is 19.8 Å². The Bertz CT molecular complexity index is 1390. The summed E-state index contributed by atoms with van der Waals surface area (Å²) in [6.45, 7) is 5.13. The van der Waals surface area contributed by atoms with Crippen LogP contribution in [0.3, 0.4) is 0 Å². The van der Waals surface area contributed by atoms with E-state index in [4.69, 9.17) is 13.9 Å². The minimum atomic E-state index is -0.514. The summed E-state index contributed by atoms with van der Waals surface area (Å²) in [6.07, 6.45) is 5.76. The zero-order chi connectivity index (χ0) is 25.2. The Balaban J connectivity index is 1.47. The molecule has 1 N–H and O–H groups in total. The molecule has 0 aliphatic carbocycles. The summed E-state index contributed by atoms with van der Waals surface area (Å²) in [5, 5.41) is 13.8. The molecule has 0 saturated carbocycles. The molecule has 3 aromatic heterocycles. The van der Waals surface area contributed by atoms with Crippen molar-refractivity contribution in [2.24, 2.45) is 0 Å². The van der Waals surface area contributed by atoms with Crippen LogP contribution in [0.5, 0.6) is 0 Å². The van der Waals surface area contributed by atoms with E-state index in [1.165, 1.54) is 0 Å². The summed E-state index contributed by atoms with van der Waals surface area (Å²) >= 11 is 0. The summed E-state index contributed by atoms with van der Waals surface area (Å²) in [6, 6.07) is 11.3. The van der Waals surface area contributed by atoms with Crippen molar-refractivity contribution in [3.05, 3.63) is 75.7 Å². The first-order chi connectivity index (χ1) is 18.2. The maximum atomic E-state index is 13.7. The largest absolute Gasteiger partial charge is 0.468 e. The van der Waals surface area contributed by atoms with Gasteiger partial charge in [0.1, 0.15) is 11.8 Å². The third-order valence-electron chi connectivity index (χ3n) is 7.38. The number of rotatable bonds is 9. The molecule has 4 aromatic rings. The number of H-pyrrole nitrogens is 1. The van der Waals surface area contributed by atoms with E-state index < -0.39 is 6.04 Å². The van der Waals surface area contributed by atoms with Gasteiger partial charge in [0.05, 0.1) is 37.1 Å². The van der Waals surface area contributed by atoms with Crippen molar-refractivity contribution in [2.45, 2.75) is 63.9 Å². The van der Waals surface area contributed by atoms with Crippen LogP contribution in [-0.2, 0) is 22.6 Å². The van der Waals surface area contributed by atoms with E-state index in [2.05, 4.69) is 25.4 Å². The maximum absolute atomic E-state index is 13.7. The molecular weight excluding hydrogens is 472 g/mol. The summed E-state index contributed by atoms with van der Waals surface area (Å²) in [5.74, 6) is 1.41. The molecule has 37 heavy (non-hydrogen) atoms. The minimum absolute atomic E-state index is 0.0529. The molecule has 6 rings (SSSR count). The number of nitrogens with one attached hydrogen (secondary N) is 1. The van der Waals surface area contributed by atoms with Crippen molar-refractivity contribution < 1.29 is 13.9 Å². The highest BCUT2D eigenvalue weighted by Crippen LogP contribution is 2.31. The highest BCUT2D eigenvalue weighted by molar-refractivity contribution is 5.82. The highest BCUT2D eigenvalue weighted by Gasteiger charge is 2.34. The standard InChI is InChI=1S/C27H32N6O4/c1-18-6-2-7-19-14-23(27(34)28-24(18)19)25(26-29-30-31-33(26)17-22-10-5-13-37-22)32(15-20-8-3-11-35-20)16-21-9-4-12-36-21/h2-3,6-8,11,14,21-22,25H,4-5,9-10,12-13,15-17H2,1H3,(H,28,34)/t21-,22-,25-/m1/s1. The van der Waals surface area contributed by atoms with Crippen LogP contribution in [0.4, 0.5) is 0 Å². The third kappa shape index (κ3) is 5.09. The molecule has 10 nitrogen and oxygen atoms in total. The van der Waals surface area contributed by atoms with Gasteiger partial charge in [0.15, 0.2) is 5.82 Å². The lowest BCUT2D eigenvalue weighted by atomic mass is 10.0. The van der Waals surface area contributed by atoms with E-state index in [1.807, 2.05) is 43.3 Å². The summed E-state index contributed by atoms with van der Waals surface area (Å²) in [5.41, 5.74) is 2.29. The van der Waals surface area contributed by atoms with Crippen LogP contribution in [0, 0.1) is 6.92 Å². The minimum Gasteiger partial charge on any atom is -0.468 e. The molecule has 1 aromatic carbocycles. The molecule has 2 aliphatic heterocycles. The molecule has 5 heterocycles. The first-order valence-corrected chi connectivity index (χ1v) is 13.0. The molecule has 0 unspecified atom stereocenters. The molecule has 0 radical (unpaired) electrons. The summed E-state index contributed by atoms with van der Waals surface area (Å²) < 4.78 is 19.4. The molecular formula is C27H32N6O4. The first kappa shape index (κ1) is 24.0. The zero-order valence-corrected chi connectivity index (χ0v) is 21.0. The molecule has 0 bridgehead atoms. The number of furan rings is 1. The average molecular weight is 505 g/mol. The van der Waals surface area contributed by atoms with Gasteiger partial charge in [-0.15, -0.1) is 5.10 Å². The molecule has 0 amide bonds. The third-order valence-corrected chi connectivity index (χ3v) is 7.38. The van der Waals surface area contributed by atoms with E-state index in [-0.39, 0.29) is 17.8 Å². The van der Waals surface area contributed by atoms with E-state index >= 15 is 0 Å². The van der Waals surface area contributed by atoms with Gasteiger partial charge < -0.3 is 18.9 Å². The number of nitrogens with zero attached hydrogens (tertiary/aromatic N) is 5. The van der Waals surface area contributed by atoms with Gasteiger partial charge >= 0.3 is 0 Å². The topological polar surface area (TPSA) is 111 Å². The molecule has 3 atom stereocenters. The van der Waals surface area contributed by atoms with Gasteiger partial charge in [-0.2, -0.15) is 0 Å². The number of hydrogen-bond donors (Lipinski definition) is 1. The van der Waals surface area contributed by atoms with Crippen molar-refractivity contribution in [3.8, 4) is 0 Å². The average Bonchev–Trinajstić information content (AvgIpc) is 3.71. The Morgan fingerprint density at radius 2 is 1.97 bits per heavy atom. The maximum Gasteiger partial charge on any atom is 0.253 e. The molecule has 2 fully saturated rings. The molecule has 0 spiro atoms. The molecule has 2 saturated heterocycles. The number of aromatic nitrogens is 5. The van der Waals surface area contributed by atoms with E-state index in [1.54, 1.807) is 10.9 Å². The van der Waals surface area contributed by atoms with E-state index in [0.29, 0.717) is 31.0 Å². The SMILES string of the molecule is Cc1cccc2cc([C@H](c3nnnn3C[C@H]3CCCO3)N(Cc3ccco3)C[C@H]3CCCO3)c(=O)[nH]c12. The number of para-hydroxylation sites is 1. The number of fused-ring (bicyclic) bond motifs is 1. The Morgan fingerprint density at radius 1 is 1.14 bits per heavy atom. The molecule has 194 valence electrons. The van der Waals surface area contributed by atoms with Gasteiger partial charge in [-0.3, -0.25) is 9.69 Å². The fourth-order valence-electron chi connectivity index (χ4n) is 5.53. The fraction of sp³-hybridized carbons (Fsp3) is 0.481. The second kappa shape index (κ2) is 10.6. The van der Waals surface area contributed by atoms with Crippen LogP contribution >= 0.6 is 0 Å². The predicted molar refractivity (Wildman–Crippen MR) is 136 cm³/mol. The Hall–Kier alpha value is -3.34. The van der Waals surface area contributed by atoms with Crippen molar-refractivity contribution in [3.63, 3.8) is 0 Å². The zero-order valence-electron chi connectivity index (χ0n) is 21.0. The number of aryl methyl sites for hydroxylation is 1. The monoisotopic (exact) mass is 504 g/mol. The predicted octanol–water partition coefficient (Wildman–Crippen LogP) is 3.37. The lowest BCUT2D eigenvalue weighted by Crippen LogP contribution is -2.39. The quantitative estimate of drug-likeness (QED) is 0.369. The van der Waals surface area contributed by atoms with Gasteiger partial charge in [0, 0.05) is 25.3 Å². The second-order valence-electron chi connectivity index (χ2n) is 9.99. The van der Waals surface area contributed by atoms with E-state index in [9.17, 15) is 4.79 Å². The van der Waals surface area contributed by atoms with Crippen LogP contribution in [-0.4, -0.2) is 62.1 Å². The van der Waals surface area contributed by atoms with Gasteiger partial charge in [-0.25, -0.2) is 4.68 Å². The summed E-state index contributed by atoms with van der Waals surface area (Å²) in [7, 11) is 0. The van der Waals surface area contributed by atoms with Crippen LogP contribution in [0.25, 0.3) is 10.9 Å². The lowest BCUT2D eigenvalue weighted by molar-refractivity contribution is 0.0528. The second-order valence-corrected chi connectivity index (χ2v) is 9.99. The smallest absolute Gasteiger partial charge is 0.253 e. The number of aromatic amines is 1. The van der Waals surface area contributed by atoms with Gasteiger partial charge in [-0.05, 0) is 72.2 Å². The van der Waals surface area contributed by atoms with Gasteiger partial charge in [0.25, 0.3) is 5.56 Å². The molecule has 10 heteroatoms. The highest BCUT2D eigenvalue weighted by atomic mass is 16.5. The number of pyridine rings is 1. The van der Waals surface area contributed by atoms with Crippen molar-refractivity contribution in [1.29, 1.82) is 0 Å². The Labute approximate surface area is 214 Å². The van der Waals surface area contributed by atoms with Crippen molar-refractivity contribution in [1.82, 2.24) is 30.1 Å². The lowest BCUT2D eigenvalue weighted by Gasteiger charge is -2.32. The van der Waals surface area contributed by atoms with E-state index in [0.717, 1.165) is 61.1 Å². The number of ether oxygens (including phenoxy) is 2. The Morgan fingerprint density at radius 3 is 2.73 bits per heavy atom. The van der Waals surface area contributed by atoms with Crippen LogP contribution in [0.15, 0.2) is 51.9 Å². The van der Waals surface area contributed by atoms with Crippen LogP contribution < -0.4 is 5.56 Å². The van der Waals surface area contributed by atoms with Gasteiger partial charge in [-0.1, -0.05) is 18.2 Å². The number of benzene rings is 1. The van der Waals surface area contributed by atoms with Crippen LogP contribution in [0.2, 0.25) is 0 Å². The van der Waals surface area contributed by atoms with Crippen LogP contribution in [0.1, 0.15) is 54.4 Å². The number of tetrazole rings is 1. The Kier molecular flexibility index (Phi) is 6.86. The normalized spacial score (nSPS) is 20.8. The molecule has 2 aliphatic rings. The number of hydrogen-bond acceptors (Lipinski definition) is 8. The summed E-state index contributed by atoms with van der Waals surface area (Å²) in [4.78, 5) is 19.0. The fourth-order valence-corrected chi connectivity index (χ4v) is 5.53. The first-order valence-electron chi connectivity index (χ1n) is 13.0.